The molecule has 0 radical (unpaired) electrons. The minimum Gasteiger partial charge on any atom is -0.369 e. The van der Waals surface area contributed by atoms with Gasteiger partial charge in [-0.3, -0.25) is 9.62 Å². The van der Waals surface area contributed by atoms with E-state index in [1.807, 2.05) is 30.1 Å². The molecular weight excluding hydrogens is 470 g/mol. The molecule has 3 aromatic rings. The molecule has 1 aliphatic rings. The van der Waals surface area contributed by atoms with E-state index in [1.165, 1.54) is 17.7 Å². The van der Waals surface area contributed by atoms with Gasteiger partial charge in [-0.25, -0.2) is 17.8 Å². The zero-order valence-corrected chi connectivity index (χ0v) is 19.5. The van der Waals surface area contributed by atoms with Crippen LogP contribution in [0, 0.1) is 11.8 Å². The number of nitrogens with one attached hydrogen (secondary N) is 1. The monoisotopic (exact) mass is 492 g/mol. The molecule has 1 aliphatic heterocycles. The molecule has 1 fully saturated rings. The number of nitrogens with zero attached hydrogens (tertiary/aromatic N) is 3. The lowest BCUT2D eigenvalue weighted by Crippen LogP contribution is -2.34. The SMILES string of the molecule is CN(c1cc(F)c(S(=O)(=O)Nc2cccc(F)n2)cc1Cl)[C@H]1CCN(Cc2ccccc2)C1. The summed E-state index contributed by atoms with van der Waals surface area (Å²) in [4.78, 5) is 7.01. The van der Waals surface area contributed by atoms with Crippen LogP contribution < -0.4 is 9.62 Å². The van der Waals surface area contributed by atoms with Crippen LogP contribution in [0.2, 0.25) is 5.02 Å². The van der Waals surface area contributed by atoms with E-state index in [0.29, 0.717) is 5.69 Å². The molecule has 6 nitrogen and oxygen atoms in total. The van der Waals surface area contributed by atoms with Crippen molar-refractivity contribution < 1.29 is 17.2 Å². The highest BCUT2D eigenvalue weighted by molar-refractivity contribution is 7.92. The van der Waals surface area contributed by atoms with Crippen LogP contribution >= 0.6 is 11.6 Å². The van der Waals surface area contributed by atoms with Crippen LogP contribution in [0.4, 0.5) is 20.3 Å². The number of likely N-dealkylation sites (N-methyl/N-ethyl adjacent to an activating group) is 1. The van der Waals surface area contributed by atoms with Crippen molar-refractivity contribution in [1.82, 2.24) is 9.88 Å². The Hall–Kier alpha value is -2.75. The lowest BCUT2D eigenvalue weighted by molar-refractivity contribution is 0.326. The summed E-state index contributed by atoms with van der Waals surface area (Å²) in [6.07, 6.45) is 0.869. The molecule has 0 spiro atoms. The molecule has 0 bridgehead atoms. The van der Waals surface area contributed by atoms with Gasteiger partial charge >= 0.3 is 0 Å². The average Bonchev–Trinajstić information content (AvgIpc) is 3.23. The van der Waals surface area contributed by atoms with E-state index >= 15 is 0 Å². The maximum Gasteiger partial charge on any atom is 0.266 e. The molecule has 33 heavy (non-hydrogen) atoms. The molecule has 1 N–H and O–H groups in total. The van der Waals surface area contributed by atoms with Gasteiger partial charge in [-0.1, -0.05) is 48.0 Å². The van der Waals surface area contributed by atoms with Crippen molar-refractivity contribution in [2.45, 2.75) is 23.9 Å². The second-order valence-electron chi connectivity index (χ2n) is 7.96. The summed E-state index contributed by atoms with van der Waals surface area (Å²) in [6.45, 7) is 2.49. The van der Waals surface area contributed by atoms with Crippen molar-refractivity contribution in [1.29, 1.82) is 0 Å². The number of halogens is 3. The predicted octanol–water partition coefficient (Wildman–Crippen LogP) is 4.52. The first-order valence-electron chi connectivity index (χ1n) is 10.4. The number of rotatable bonds is 7. The first-order chi connectivity index (χ1) is 15.7. The number of anilines is 2. The highest BCUT2D eigenvalue weighted by atomic mass is 35.5. The second-order valence-corrected chi connectivity index (χ2v) is 10.0. The molecule has 0 aliphatic carbocycles. The van der Waals surface area contributed by atoms with Crippen molar-refractivity contribution in [3.63, 3.8) is 0 Å². The number of aromatic nitrogens is 1. The standard InChI is InChI=1S/C23H23ClF2N4O2S/c1-29(17-10-11-30(15-17)14-16-6-3-2-4-7-16)20-13-19(25)21(12-18(20)24)33(31,32)28-23-9-5-8-22(26)27-23/h2-9,12-13,17H,10-11,14-15H2,1H3,(H,27,28)/t17-/m0/s1. The molecule has 1 aromatic heterocycles. The van der Waals surface area contributed by atoms with Gasteiger partial charge in [0.05, 0.1) is 10.7 Å². The summed E-state index contributed by atoms with van der Waals surface area (Å²) < 4.78 is 55.6. The Kier molecular flexibility index (Phi) is 6.83. The zero-order chi connectivity index (χ0) is 23.6. The lowest BCUT2D eigenvalue weighted by atomic mass is 10.2. The fourth-order valence-corrected chi connectivity index (χ4v) is 5.41. The van der Waals surface area contributed by atoms with Gasteiger partial charge in [0, 0.05) is 38.8 Å². The van der Waals surface area contributed by atoms with E-state index in [4.69, 9.17) is 11.6 Å². The summed E-state index contributed by atoms with van der Waals surface area (Å²) in [5.41, 5.74) is 1.63. The summed E-state index contributed by atoms with van der Waals surface area (Å²) in [5.74, 6) is -2.07. The Bertz CT molecular complexity index is 1240. The number of benzene rings is 2. The third-order valence-corrected chi connectivity index (χ3v) is 7.34. The molecule has 2 aromatic carbocycles. The molecule has 0 unspecified atom stereocenters. The minimum absolute atomic E-state index is 0.0997. The lowest BCUT2D eigenvalue weighted by Gasteiger charge is -2.28. The number of likely N-dealkylation sites (tertiary alicyclic amines) is 1. The fourth-order valence-electron chi connectivity index (χ4n) is 3.96. The van der Waals surface area contributed by atoms with Crippen molar-refractivity contribution >= 4 is 33.1 Å². The molecule has 1 atom stereocenters. The van der Waals surface area contributed by atoms with Gasteiger partial charge in [-0.2, -0.15) is 4.39 Å². The molecule has 174 valence electrons. The number of sulfonamides is 1. The van der Waals surface area contributed by atoms with Crippen LogP contribution in [0.15, 0.2) is 65.6 Å². The van der Waals surface area contributed by atoms with Crippen LogP contribution in [-0.2, 0) is 16.6 Å². The Morgan fingerprint density at radius 1 is 1.15 bits per heavy atom. The van der Waals surface area contributed by atoms with Gasteiger partial charge in [0.2, 0.25) is 5.95 Å². The Morgan fingerprint density at radius 3 is 2.64 bits per heavy atom. The molecule has 0 amide bonds. The minimum atomic E-state index is -4.35. The summed E-state index contributed by atoms with van der Waals surface area (Å²) in [6, 6.07) is 16.1. The molecule has 10 heteroatoms. The normalized spacial score (nSPS) is 16.7. The number of pyridine rings is 1. The Labute approximate surface area is 196 Å². The molecule has 2 heterocycles. The molecule has 1 saturated heterocycles. The van der Waals surface area contributed by atoms with Crippen molar-refractivity contribution in [3.05, 3.63) is 83.0 Å². The van der Waals surface area contributed by atoms with Crippen LogP contribution in [0.3, 0.4) is 0 Å². The predicted molar refractivity (Wildman–Crippen MR) is 125 cm³/mol. The largest absolute Gasteiger partial charge is 0.369 e. The third kappa shape index (κ3) is 5.43. The van der Waals surface area contributed by atoms with Gasteiger partial charge in [0.15, 0.2) is 0 Å². The van der Waals surface area contributed by atoms with E-state index in [1.54, 1.807) is 0 Å². The van der Waals surface area contributed by atoms with Crippen LogP contribution in [0.5, 0.6) is 0 Å². The van der Waals surface area contributed by atoms with Gasteiger partial charge in [-0.15, -0.1) is 0 Å². The number of hydrogen-bond acceptors (Lipinski definition) is 5. The molecule has 0 saturated carbocycles. The summed E-state index contributed by atoms with van der Waals surface area (Å²) in [5, 5.41) is 0.105. The van der Waals surface area contributed by atoms with Gasteiger partial charge in [-0.05, 0) is 30.2 Å². The molecule has 4 rings (SSSR count). The second kappa shape index (κ2) is 9.62. The summed E-state index contributed by atoms with van der Waals surface area (Å²) in [7, 11) is -2.53. The van der Waals surface area contributed by atoms with Gasteiger partial charge < -0.3 is 4.90 Å². The van der Waals surface area contributed by atoms with Crippen LogP contribution in [0.25, 0.3) is 0 Å². The molecular formula is C23H23ClF2N4O2S. The van der Waals surface area contributed by atoms with E-state index < -0.39 is 26.7 Å². The van der Waals surface area contributed by atoms with E-state index in [-0.39, 0.29) is 16.9 Å². The maximum atomic E-state index is 14.9. The number of hydrogen-bond donors (Lipinski definition) is 1. The Morgan fingerprint density at radius 2 is 1.91 bits per heavy atom. The topological polar surface area (TPSA) is 65.5 Å². The first kappa shape index (κ1) is 23.4. The van der Waals surface area contributed by atoms with Gasteiger partial charge in [0.1, 0.15) is 16.5 Å². The average molecular weight is 493 g/mol. The third-order valence-electron chi connectivity index (χ3n) is 5.67. The van der Waals surface area contributed by atoms with E-state index in [0.717, 1.165) is 44.3 Å². The van der Waals surface area contributed by atoms with E-state index in [2.05, 4.69) is 26.7 Å². The fraction of sp³-hybridized carbons (Fsp3) is 0.261. The van der Waals surface area contributed by atoms with Crippen LogP contribution in [-0.4, -0.2) is 44.5 Å². The van der Waals surface area contributed by atoms with Crippen molar-refractivity contribution in [2.75, 3.05) is 29.8 Å². The highest BCUT2D eigenvalue weighted by Gasteiger charge is 2.29. The zero-order valence-electron chi connectivity index (χ0n) is 17.9. The van der Waals surface area contributed by atoms with Crippen molar-refractivity contribution in [2.24, 2.45) is 0 Å². The van der Waals surface area contributed by atoms with Crippen LogP contribution in [0.1, 0.15) is 12.0 Å². The maximum absolute atomic E-state index is 14.9. The van der Waals surface area contributed by atoms with Gasteiger partial charge in [0.25, 0.3) is 10.0 Å². The Balaban J connectivity index is 1.50. The van der Waals surface area contributed by atoms with Crippen molar-refractivity contribution in [3.8, 4) is 0 Å². The first-order valence-corrected chi connectivity index (χ1v) is 12.2. The smallest absolute Gasteiger partial charge is 0.266 e. The van der Waals surface area contributed by atoms with E-state index in [9.17, 15) is 17.2 Å². The summed E-state index contributed by atoms with van der Waals surface area (Å²) >= 11 is 6.39. The quantitative estimate of drug-likeness (QED) is 0.491. The highest BCUT2D eigenvalue weighted by Crippen LogP contribution is 2.33.